The molecule has 1 saturated heterocycles. The summed E-state index contributed by atoms with van der Waals surface area (Å²) in [5.41, 5.74) is 0.839. The Bertz CT molecular complexity index is 1510. The number of halogens is 3. The molecule has 0 atom stereocenters. The van der Waals surface area contributed by atoms with Crippen LogP contribution in [0.1, 0.15) is 43.3 Å². The minimum atomic E-state index is -4.48. The van der Waals surface area contributed by atoms with Crippen LogP contribution in [0.5, 0.6) is 0 Å². The molecular weight excluding hydrogens is 515 g/mol. The maximum absolute atomic E-state index is 13.6. The van der Waals surface area contributed by atoms with E-state index < -0.39 is 17.6 Å². The number of piperazine rings is 1. The van der Waals surface area contributed by atoms with Gasteiger partial charge in [0.15, 0.2) is 5.82 Å². The van der Waals surface area contributed by atoms with Gasteiger partial charge in [-0.15, -0.1) is 5.10 Å². The Kier molecular flexibility index (Phi) is 6.91. The van der Waals surface area contributed by atoms with E-state index in [1.54, 1.807) is 16.4 Å². The number of alkyl halides is 3. The molecule has 2 aromatic heterocycles. The zero-order valence-electron chi connectivity index (χ0n) is 21.6. The molecule has 206 valence electrons. The number of allylic oxidation sites excluding steroid dienone is 2. The first-order valence-electron chi connectivity index (χ1n) is 12.7. The molecule has 0 unspecified atom stereocenters. The zero-order valence-corrected chi connectivity index (χ0v) is 21.6. The second kappa shape index (κ2) is 10.2. The Hall–Kier alpha value is -4.16. The summed E-state index contributed by atoms with van der Waals surface area (Å²) in [6.45, 7) is 4.77. The van der Waals surface area contributed by atoms with Gasteiger partial charge in [-0.25, -0.2) is 0 Å². The lowest BCUT2D eigenvalue weighted by Crippen LogP contribution is -2.50. The largest absolute Gasteiger partial charge is 0.416 e. The predicted octanol–water partition coefficient (Wildman–Crippen LogP) is 3.09. The lowest BCUT2D eigenvalue weighted by atomic mass is 10.2. The van der Waals surface area contributed by atoms with Crippen LogP contribution in [-0.2, 0) is 22.3 Å². The molecule has 1 aliphatic heterocycles. The van der Waals surface area contributed by atoms with Crippen molar-refractivity contribution in [3.05, 3.63) is 57.8 Å². The van der Waals surface area contributed by atoms with Crippen molar-refractivity contribution in [2.45, 2.75) is 45.8 Å². The summed E-state index contributed by atoms with van der Waals surface area (Å²) in [5.74, 6) is 0.0961. The molecule has 1 aliphatic carbocycles. The third-order valence-electron chi connectivity index (χ3n) is 7.14. The molecule has 10 nitrogen and oxygen atoms in total. The normalized spacial score (nSPS) is 16.1. The van der Waals surface area contributed by atoms with Gasteiger partial charge >= 0.3 is 6.18 Å². The van der Waals surface area contributed by atoms with Gasteiger partial charge in [0.1, 0.15) is 12.2 Å². The van der Waals surface area contributed by atoms with Gasteiger partial charge in [-0.1, -0.05) is 6.08 Å². The fourth-order valence-corrected chi connectivity index (χ4v) is 5.04. The zero-order chi connectivity index (χ0) is 27.9. The molecule has 0 saturated carbocycles. The van der Waals surface area contributed by atoms with E-state index in [9.17, 15) is 27.6 Å². The van der Waals surface area contributed by atoms with Gasteiger partial charge in [0.2, 0.25) is 17.6 Å². The van der Waals surface area contributed by atoms with Gasteiger partial charge in [0.05, 0.1) is 5.56 Å². The fourth-order valence-electron chi connectivity index (χ4n) is 5.04. The third-order valence-corrected chi connectivity index (χ3v) is 7.14. The average Bonchev–Trinajstić information content (AvgIpc) is 3.57. The van der Waals surface area contributed by atoms with Crippen molar-refractivity contribution in [1.29, 1.82) is 0 Å². The summed E-state index contributed by atoms with van der Waals surface area (Å²) < 4.78 is 41.5. The molecule has 2 amide bonds. The van der Waals surface area contributed by atoms with Crippen molar-refractivity contribution in [3.8, 4) is 0 Å². The molecule has 1 N–H and O–H groups in total. The molecule has 1 aromatic carbocycles. The summed E-state index contributed by atoms with van der Waals surface area (Å²) in [6.07, 6.45) is 0.215. The molecule has 3 aromatic rings. The molecular formula is C26H28F3N7O3. The summed E-state index contributed by atoms with van der Waals surface area (Å²) in [5, 5.41) is 7.12. The molecule has 13 heteroatoms. The number of rotatable bonds is 5. The number of nitrogens with zero attached hydrogens (tertiary/aromatic N) is 6. The van der Waals surface area contributed by atoms with Crippen molar-refractivity contribution in [2.24, 2.45) is 0 Å². The number of hydrogen-bond acceptors (Lipinski definition) is 6. The molecule has 0 bridgehead atoms. The standard InChI is InChI=1S/C26H28F3N7O3/c1-16-22(34-13-11-33(12-14-34)17(2)37)24(39)36-25(31-23(32-36)18-5-3-4-6-18)35(16)15-21(38)30-20-9-7-19(8-10-20)26(27,28)29/h5,7-10H,3-4,6,11-15H2,1-2H3,(H,30,38). The monoisotopic (exact) mass is 543 g/mol. The molecule has 0 spiro atoms. The van der Waals surface area contributed by atoms with Gasteiger partial charge in [-0.3, -0.25) is 14.4 Å². The minimum absolute atomic E-state index is 0.0371. The van der Waals surface area contributed by atoms with E-state index in [0.29, 0.717) is 43.4 Å². The van der Waals surface area contributed by atoms with E-state index in [1.165, 1.54) is 23.6 Å². The quantitative estimate of drug-likeness (QED) is 0.531. The van der Waals surface area contributed by atoms with Crippen LogP contribution >= 0.6 is 0 Å². The first-order valence-corrected chi connectivity index (χ1v) is 12.7. The predicted molar refractivity (Wildman–Crippen MR) is 138 cm³/mol. The van der Waals surface area contributed by atoms with Crippen molar-refractivity contribution in [3.63, 3.8) is 0 Å². The molecule has 0 radical (unpaired) electrons. The second-order valence-corrected chi connectivity index (χ2v) is 9.71. The Morgan fingerprint density at radius 3 is 2.36 bits per heavy atom. The smallest absolute Gasteiger partial charge is 0.362 e. The number of benzene rings is 1. The van der Waals surface area contributed by atoms with Crippen LogP contribution in [0, 0.1) is 6.92 Å². The number of fused-ring (bicyclic) bond motifs is 1. The van der Waals surface area contributed by atoms with E-state index >= 15 is 0 Å². The number of carbonyl (C=O) groups is 2. The van der Waals surface area contributed by atoms with Crippen molar-refractivity contribution < 1.29 is 22.8 Å². The van der Waals surface area contributed by atoms with Crippen LogP contribution in [-0.4, -0.2) is 62.1 Å². The van der Waals surface area contributed by atoms with Crippen molar-refractivity contribution in [2.75, 3.05) is 36.4 Å². The van der Waals surface area contributed by atoms with Gasteiger partial charge in [0.25, 0.3) is 5.56 Å². The van der Waals surface area contributed by atoms with Crippen LogP contribution in [0.25, 0.3) is 11.4 Å². The maximum Gasteiger partial charge on any atom is 0.416 e. The highest BCUT2D eigenvalue weighted by atomic mass is 19.4. The highest BCUT2D eigenvalue weighted by Gasteiger charge is 2.30. The van der Waals surface area contributed by atoms with Crippen LogP contribution in [0.3, 0.4) is 0 Å². The van der Waals surface area contributed by atoms with Gasteiger partial charge in [0, 0.05) is 44.5 Å². The molecule has 2 aliphatic rings. The summed E-state index contributed by atoms with van der Waals surface area (Å²) in [7, 11) is 0. The Morgan fingerprint density at radius 2 is 1.77 bits per heavy atom. The first kappa shape index (κ1) is 26.4. The highest BCUT2D eigenvalue weighted by molar-refractivity contribution is 5.91. The SMILES string of the molecule is CC(=O)N1CCN(c2c(C)n(CC(=O)Nc3ccc(C(F)(F)F)cc3)c3nc(C4=CCCC4)nn3c2=O)CC1. The lowest BCUT2D eigenvalue weighted by molar-refractivity contribution is -0.137. The summed E-state index contributed by atoms with van der Waals surface area (Å²) >= 11 is 0. The maximum atomic E-state index is 13.6. The molecule has 5 rings (SSSR count). The Balaban J connectivity index is 1.50. The number of anilines is 2. The molecule has 3 heterocycles. The van der Waals surface area contributed by atoms with Crippen molar-refractivity contribution in [1.82, 2.24) is 24.1 Å². The van der Waals surface area contributed by atoms with Crippen LogP contribution in [0.15, 0.2) is 35.1 Å². The summed E-state index contributed by atoms with van der Waals surface area (Å²) in [4.78, 5) is 46.7. The summed E-state index contributed by atoms with van der Waals surface area (Å²) in [6, 6.07) is 4.18. The second-order valence-electron chi connectivity index (χ2n) is 9.71. The van der Waals surface area contributed by atoms with Crippen molar-refractivity contribution >= 4 is 34.5 Å². The van der Waals surface area contributed by atoms with Crippen LogP contribution in [0.2, 0.25) is 0 Å². The number of aromatic nitrogens is 4. The molecule has 39 heavy (non-hydrogen) atoms. The van der Waals surface area contributed by atoms with Gasteiger partial charge in [-0.05, 0) is 56.0 Å². The van der Waals surface area contributed by atoms with Crippen LogP contribution < -0.4 is 15.8 Å². The Labute approximate surface area is 221 Å². The van der Waals surface area contributed by atoms with E-state index in [0.717, 1.165) is 37.0 Å². The van der Waals surface area contributed by atoms with E-state index in [-0.39, 0.29) is 29.5 Å². The highest BCUT2D eigenvalue weighted by Crippen LogP contribution is 2.30. The Morgan fingerprint density at radius 1 is 1.08 bits per heavy atom. The number of nitrogens with one attached hydrogen (secondary N) is 1. The third kappa shape index (κ3) is 5.25. The number of hydrogen-bond donors (Lipinski definition) is 1. The van der Waals surface area contributed by atoms with E-state index in [2.05, 4.69) is 15.4 Å². The van der Waals surface area contributed by atoms with Gasteiger partial charge < -0.3 is 19.7 Å². The lowest BCUT2D eigenvalue weighted by Gasteiger charge is -2.36. The van der Waals surface area contributed by atoms with E-state index in [1.807, 2.05) is 11.0 Å². The number of carbonyl (C=O) groups excluding carboxylic acids is 2. The topological polar surface area (TPSA) is 105 Å². The average molecular weight is 544 g/mol. The fraction of sp³-hybridized carbons (Fsp3) is 0.423. The first-order chi connectivity index (χ1) is 18.5. The van der Waals surface area contributed by atoms with E-state index in [4.69, 9.17) is 0 Å². The minimum Gasteiger partial charge on any atom is -0.362 e. The van der Waals surface area contributed by atoms with Gasteiger partial charge in [-0.2, -0.15) is 22.7 Å². The number of amides is 2. The molecule has 1 fully saturated rings. The van der Waals surface area contributed by atoms with Crippen LogP contribution in [0.4, 0.5) is 24.5 Å².